The van der Waals surface area contributed by atoms with Crippen LogP contribution in [-0.4, -0.2) is 43.5 Å². The second kappa shape index (κ2) is 7.71. The van der Waals surface area contributed by atoms with Crippen LogP contribution in [-0.2, 0) is 13.1 Å². The summed E-state index contributed by atoms with van der Waals surface area (Å²) in [5.74, 6) is 1.07. The molecule has 1 saturated heterocycles. The molecule has 0 amide bonds. The summed E-state index contributed by atoms with van der Waals surface area (Å²) in [6.45, 7) is 3.76. The van der Waals surface area contributed by atoms with Gasteiger partial charge in [0, 0.05) is 13.1 Å². The van der Waals surface area contributed by atoms with Crippen LogP contribution in [0.15, 0.2) is 53.5 Å². The molecule has 0 radical (unpaired) electrons. The van der Waals surface area contributed by atoms with E-state index in [4.69, 9.17) is 4.99 Å². The van der Waals surface area contributed by atoms with Gasteiger partial charge in [0.1, 0.15) is 5.84 Å². The molecule has 0 saturated carbocycles. The molecule has 27 heavy (non-hydrogen) atoms. The highest BCUT2D eigenvalue weighted by Gasteiger charge is 2.40. The average Bonchev–Trinajstić information content (AvgIpc) is 2.67. The minimum absolute atomic E-state index is 0.0964. The Balaban J connectivity index is 1.56. The minimum atomic E-state index is -0.0964. The van der Waals surface area contributed by atoms with Gasteiger partial charge in [-0.2, -0.15) is 0 Å². The largest absolute Gasteiger partial charge is 0.371 e. The quantitative estimate of drug-likeness (QED) is 0.781. The number of fused-ring (bicyclic) bond motifs is 1. The van der Waals surface area contributed by atoms with E-state index in [0.29, 0.717) is 0 Å². The van der Waals surface area contributed by atoms with Crippen LogP contribution in [0.2, 0.25) is 0 Å². The average molecular weight is 364 g/mol. The highest BCUT2D eigenvalue weighted by Crippen LogP contribution is 2.36. The van der Waals surface area contributed by atoms with Crippen molar-refractivity contribution in [1.82, 2.24) is 15.5 Å². The molecule has 2 heterocycles. The number of aliphatic imine (C=N–C) groups is 1. The van der Waals surface area contributed by atoms with Crippen LogP contribution < -0.4 is 16.0 Å². The number of nitrogens with zero attached hydrogens (tertiary/aromatic N) is 2. The van der Waals surface area contributed by atoms with Crippen molar-refractivity contribution >= 4 is 17.2 Å². The fourth-order valence-electron chi connectivity index (χ4n) is 4.03. The molecule has 0 bridgehead atoms. The Morgan fingerprint density at radius 1 is 1.04 bits per heavy atom. The lowest BCUT2D eigenvalue weighted by molar-refractivity contribution is 0.402. The number of amidine groups is 1. The van der Waals surface area contributed by atoms with Gasteiger partial charge in [-0.25, -0.2) is 4.99 Å². The summed E-state index contributed by atoms with van der Waals surface area (Å²) < 4.78 is 0. The Morgan fingerprint density at radius 2 is 1.81 bits per heavy atom. The van der Waals surface area contributed by atoms with Crippen LogP contribution in [0.5, 0.6) is 0 Å². The SMILES string of the molecule is CN(C)Cc1cccc(CNC2=Nc3ccccc3NC23CCNCC3)c1. The molecule has 0 aromatic heterocycles. The molecule has 2 aromatic rings. The molecule has 3 N–H and O–H groups in total. The van der Waals surface area contributed by atoms with E-state index in [1.807, 2.05) is 6.07 Å². The van der Waals surface area contributed by atoms with Gasteiger partial charge in [0.05, 0.1) is 16.9 Å². The van der Waals surface area contributed by atoms with E-state index in [9.17, 15) is 0 Å². The first kappa shape index (κ1) is 18.0. The lowest BCUT2D eigenvalue weighted by Crippen LogP contribution is -2.58. The maximum atomic E-state index is 5.02. The molecule has 2 aromatic carbocycles. The number of rotatable bonds is 4. The summed E-state index contributed by atoms with van der Waals surface area (Å²) in [7, 11) is 4.21. The zero-order chi connectivity index (χ0) is 18.7. The third kappa shape index (κ3) is 3.99. The molecule has 142 valence electrons. The Morgan fingerprint density at radius 3 is 2.63 bits per heavy atom. The van der Waals surface area contributed by atoms with Gasteiger partial charge in [-0.15, -0.1) is 0 Å². The number of para-hydroxylation sites is 2. The Hall–Kier alpha value is -2.37. The van der Waals surface area contributed by atoms with Crippen LogP contribution in [0.3, 0.4) is 0 Å². The van der Waals surface area contributed by atoms with Crippen molar-refractivity contribution in [3.05, 3.63) is 59.7 Å². The first-order valence-electron chi connectivity index (χ1n) is 9.78. The van der Waals surface area contributed by atoms with E-state index >= 15 is 0 Å². The Bertz CT molecular complexity index is 821. The predicted molar refractivity (Wildman–Crippen MR) is 113 cm³/mol. The van der Waals surface area contributed by atoms with E-state index in [1.54, 1.807) is 0 Å². The zero-order valence-corrected chi connectivity index (χ0v) is 16.3. The van der Waals surface area contributed by atoms with Crippen molar-refractivity contribution in [3.63, 3.8) is 0 Å². The number of hydrogen-bond donors (Lipinski definition) is 3. The molecule has 0 atom stereocenters. The van der Waals surface area contributed by atoms with Crippen molar-refractivity contribution in [2.75, 3.05) is 32.5 Å². The zero-order valence-electron chi connectivity index (χ0n) is 16.3. The molecule has 5 nitrogen and oxygen atoms in total. The summed E-state index contributed by atoms with van der Waals surface area (Å²) >= 11 is 0. The number of hydrogen-bond acceptors (Lipinski definition) is 5. The lowest BCUT2D eigenvalue weighted by atomic mass is 9.85. The Kier molecular flexibility index (Phi) is 5.14. The standard InChI is InChI=1S/C22H29N5/c1-27(2)16-18-7-5-6-17(14-18)15-24-21-22(10-12-23-13-11-22)26-20-9-4-3-8-19(20)25-21/h3-9,14,23,26H,10-13,15-16H2,1-2H3,(H,24,25). The van der Waals surface area contributed by atoms with E-state index in [-0.39, 0.29) is 5.54 Å². The van der Waals surface area contributed by atoms with E-state index < -0.39 is 0 Å². The minimum Gasteiger partial charge on any atom is -0.371 e. The monoisotopic (exact) mass is 363 g/mol. The van der Waals surface area contributed by atoms with Crippen LogP contribution in [0, 0.1) is 0 Å². The van der Waals surface area contributed by atoms with Crippen molar-refractivity contribution in [1.29, 1.82) is 0 Å². The highest BCUT2D eigenvalue weighted by atomic mass is 15.2. The topological polar surface area (TPSA) is 51.7 Å². The second-order valence-corrected chi connectivity index (χ2v) is 7.85. The first-order valence-corrected chi connectivity index (χ1v) is 9.78. The summed E-state index contributed by atoms with van der Waals surface area (Å²) in [4.78, 5) is 7.21. The van der Waals surface area contributed by atoms with E-state index in [1.165, 1.54) is 11.1 Å². The van der Waals surface area contributed by atoms with Gasteiger partial charge in [0.2, 0.25) is 0 Å². The molecular formula is C22H29N5. The normalized spacial score (nSPS) is 18.0. The van der Waals surface area contributed by atoms with Crippen LogP contribution in [0.25, 0.3) is 0 Å². The number of benzene rings is 2. The molecule has 2 aliphatic rings. The number of anilines is 1. The maximum absolute atomic E-state index is 5.02. The molecule has 4 rings (SSSR count). The highest BCUT2D eigenvalue weighted by molar-refractivity contribution is 6.00. The molecule has 2 aliphatic heterocycles. The molecule has 0 aliphatic carbocycles. The van der Waals surface area contributed by atoms with Crippen molar-refractivity contribution in [2.45, 2.75) is 31.5 Å². The third-order valence-corrected chi connectivity index (χ3v) is 5.37. The first-order chi connectivity index (χ1) is 13.1. The summed E-state index contributed by atoms with van der Waals surface area (Å²) in [5.41, 5.74) is 4.69. The van der Waals surface area contributed by atoms with Crippen LogP contribution in [0.1, 0.15) is 24.0 Å². The molecular weight excluding hydrogens is 334 g/mol. The fourth-order valence-corrected chi connectivity index (χ4v) is 4.03. The lowest BCUT2D eigenvalue weighted by Gasteiger charge is -2.43. The van der Waals surface area contributed by atoms with Gasteiger partial charge in [-0.1, -0.05) is 36.4 Å². The van der Waals surface area contributed by atoms with Crippen molar-refractivity contribution < 1.29 is 0 Å². The number of piperidine rings is 1. The van der Waals surface area contributed by atoms with Crippen molar-refractivity contribution in [2.24, 2.45) is 4.99 Å². The third-order valence-electron chi connectivity index (χ3n) is 5.37. The second-order valence-electron chi connectivity index (χ2n) is 7.85. The summed E-state index contributed by atoms with van der Waals surface area (Å²) in [5, 5.41) is 10.9. The van der Waals surface area contributed by atoms with Gasteiger partial charge in [0.15, 0.2) is 0 Å². The van der Waals surface area contributed by atoms with Gasteiger partial charge in [-0.3, -0.25) is 0 Å². The van der Waals surface area contributed by atoms with Gasteiger partial charge >= 0.3 is 0 Å². The summed E-state index contributed by atoms with van der Waals surface area (Å²) in [6, 6.07) is 17.1. The van der Waals surface area contributed by atoms with E-state index in [2.05, 4.69) is 77.4 Å². The Labute approximate surface area is 161 Å². The van der Waals surface area contributed by atoms with Gasteiger partial charge in [-0.05, 0) is 63.3 Å². The molecule has 1 fully saturated rings. The molecule has 1 spiro atoms. The van der Waals surface area contributed by atoms with Crippen LogP contribution in [0.4, 0.5) is 11.4 Å². The van der Waals surface area contributed by atoms with Crippen molar-refractivity contribution in [3.8, 4) is 0 Å². The fraction of sp³-hybridized carbons (Fsp3) is 0.409. The number of nitrogens with one attached hydrogen (secondary N) is 3. The summed E-state index contributed by atoms with van der Waals surface area (Å²) in [6.07, 6.45) is 2.07. The maximum Gasteiger partial charge on any atom is 0.128 e. The van der Waals surface area contributed by atoms with Crippen LogP contribution >= 0.6 is 0 Å². The predicted octanol–water partition coefficient (Wildman–Crippen LogP) is 3.12. The van der Waals surface area contributed by atoms with Gasteiger partial charge < -0.3 is 20.9 Å². The molecule has 0 unspecified atom stereocenters. The van der Waals surface area contributed by atoms with Gasteiger partial charge in [0.25, 0.3) is 0 Å². The molecule has 5 heteroatoms. The van der Waals surface area contributed by atoms with E-state index in [0.717, 1.165) is 56.2 Å². The smallest absolute Gasteiger partial charge is 0.128 e.